The normalized spacial score (nSPS) is 13.7. The van der Waals surface area contributed by atoms with Crippen LogP contribution in [0.3, 0.4) is 0 Å². The molecule has 0 fully saturated rings. The van der Waals surface area contributed by atoms with Crippen molar-refractivity contribution >= 4 is 16.9 Å². The molecule has 166 valence electrons. The Hall–Kier alpha value is -3.19. The molecule has 31 heavy (non-hydrogen) atoms. The Kier molecular flexibility index (Phi) is 6.45. The van der Waals surface area contributed by atoms with Gasteiger partial charge in [-0.15, -0.1) is 0 Å². The summed E-state index contributed by atoms with van der Waals surface area (Å²) in [5.41, 5.74) is 2.52. The van der Waals surface area contributed by atoms with Crippen LogP contribution in [0.2, 0.25) is 0 Å². The van der Waals surface area contributed by atoms with Gasteiger partial charge in [0.2, 0.25) is 11.2 Å². The number of hydrogen-bond acceptors (Lipinski definition) is 7. The lowest BCUT2D eigenvalue weighted by molar-refractivity contribution is 0.344. The second-order valence-electron chi connectivity index (χ2n) is 8.17. The molecule has 1 aromatic heterocycles. The molecule has 0 atom stereocenters. The van der Waals surface area contributed by atoms with E-state index in [0.29, 0.717) is 30.5 Å². The van der Waals surface area contributed by atoms with Gasteiger partial charge in [-0.25, -0.2) is 10.0 Å². The maximum atomic E-state index is 13.4. The van der Waals surface area contributed by atoms with E-state index >= 15 is 0 Å². The summed E-state index contributed by atoms with van der Waals surface area (Å²) < 4.78 is 11.6. The van der Waals surface area contributed by atoms with Crippen LogP contribution < -0.4 is 15.2 Å². The standard InChI is InChI=1S/C24H30N2O5/c1-14(2)8-10-16-19(27)17(11-9-15(3)4)22-18(20(16)28)21(29)23(30-6)24(31-22)26-13-7-12-25(26)5/h7-9,13,27-28H,10-12H2,1-6H3. The van der Waals surface area contributed by atoms with E-state index < -0.39 is 5.43 Å². The molecule has 0 saturated carbocycles. The van der Waals surface area contributed by atoms with Crippen molar-refractivity contribution < 1.29 is 19.4 Å². The van der Waals surface area contributed by atoms with E-state index in [1.54, 1.807) is 11.2 Å². The largest absolute Gasteiger partial charge is 0.507 e. The number of hydrazine groups is 1. The van der Waals surface area contributed by atoms with E-state index in [4.69, 9.17) is 9.15 Å². The second kappa shape index (κ2) is 8.89. The van der Waals surface area contributed by atoms with Crippen molar-refractivity contribution in [3.05, 3.63) is 56.9 Å². The summed E-state index contributed by atoms with van der Waals surface area (Å²) in [6.07, 6.45) is 8.19. The number of hydrogen-bond donors (Lipinski definition) is 2. The molecule has 2 heterocycles. The first kappa shape index (κ1) is 22.5. The van der Waals surface area contributed by atoms with Gasteiger partial charge >= 0.3 is 0 Å². The van der Waals surface area contributed by atoms with Gasteiger partial charge in [-0.05, 0) is 40.5 Å². The van der Waals surface area contributed by atoms with E-state index in [0.717, 1.165) is 11.1 Å². The Morgan fingerprint density at radius 3 is 2.23 bits per heavy atom. The summed E-state index contributed by atoms with van der Waals surface area (Å²) in [4.78, 5) is 13.4. The van der Waals surface area contributed by atoms with Crippen molar-refractivity contribution in [2.45, 2.75) is 40.5 Å². The van der Waals surface area contributed by atoms with Crippen LogP contribution in [-0.4, -0.2) is 35.9 Å². The average Bonchev–Trinajstić information content (AvgIpc) is 3.12. The Bertz CT molecular complexity index is 1150. The molecule has 1 aromatic carbocycles. The quantitative estimate of drug-likeness (QED) is 0.662. The maximum Gasteiger partial charge on any atom is 0.261 e. The highest BCUT2D eigenvalue weighted by molar-refractivity contribution is 5.92. The molecule has 2 N–H and O–H groups in total. The zero-order chi connectivity index (χ0) is 22.9. The molecule has 2 aromatic rings. The van der Waals surface area contributed by atoms with Crippen LogP contribution in [0.5, 0.6) is 17.2 Å². The molecule has 0 spiro atoms. The van der Waals surface area contributed by atoms with Gasteiger partial charge in [0.25, 0.3) is 5.88 Å². The lowest BCUT2D eigenvalue weighted by atomic mass is 9.97. The molecule has 3 rings (SSSR count). The van der Waals surface area contributed by atoms with Gasteiger partial charge < -0.3 is 19.4 Å². The zero-order valence-electron chi connectivity index (χ0n) is 18.9. The minimum atomic E-state index is -0.484. The van der Waals surface area contributed by atoms with Crippen molar-refractivity contribution in [3.63, 3.8) is 0 Å². The van der Waals surface area contributed by atoms with Crippen LogP contribution in [0.4, 0.5) is 5.88 Å². The molecule has 1 aliphatic heterocycles. The second-order valence-corrected chi connectivity index (χ2v) is 8.17. The third-order valence-electron chi connectivity index (χ3n) is 5.25. The fourth-order valence-corrected chi connectivity index (χ4v) is 3.54. The summed E-state index contributed by atoms with van der Waals surface area (Å²) in [5, 5.41) is 25.6. The number of methoxy groups -OCH3 is 1. The number of nitrogens with zero attached hydrogens (tertiary/aromatic N) is 2. The molecule has 0 saturated heterocycles. The minimum Gasteiger partial charge on any atom is -0.507 e. The lowest BCUT2D eigenvalue weighted by Gasteiger charge is -2.25. The molecule has 0 bridgehead atoms. The van der Waals surface area contributed by atoms with Crippen LogP contribution in [-0.2, 0) is 12.8 Å². The van der Waals surface area contributed by atoms with E-state index in [-0.39, 0.29) is 34.1 Å². The smallest absolute Gasteiger partial charge is 0.261 e. The van der Waals surface area contributed by atoms with Gasteiger partial charge in [0.15, 0.2) is 5.58 Å². The summed E-state index contributed by atoms with van der Waals surface area (Å²) in [6, 6.07) is 0. The number of phenols is 2. The summed E-state index contributed by atoms with van der Waals surface area (Å²) in [5.74, 6) is -0.154. The number of likely N-dealkylation sites (N-methyl/N-ethyl adjacent to an activating group) is 1. The van der Waals surface area contributed by atoms with E-state index in [1.807, 2.05) is 58.0 Å². The first-order valence-corrected chi connectivity index (χ1v) is 10.2. The number of benzene rings is 1. The maximum absolute atomic E-state index is 13.4. The SMILES string of the molecule is COc1c(N2C=CCN2C)oc2c(CC=C(C)C)c(O)c(CC=C(C)C)c(O)c2c1=O. The molecule has 1 aliphatic rings. The molecule has 0 amide bonds. The Morgan fingerprint density at radius 1 is 1.10 bits per heavy atom. The van der Waals surface area contributed by atoms with E-state index in [1.165, 1.54) is 7.11 Å². The highest BCUT2D eigenvalue weighted by Gasteiger charge is 2.29. The fraction of sp³-hybridized carbons (Fsp3) is 0.375. The number of ether oxygens (including phenoxy) is 1. The third kappa shape index (κ3) is 4.18. The van der Waals surface area contributed by atoms with E-state index in [9.17, 15) is 15.0 Å². The highest BCUT2D eigenvalue weighted by Crippen LogP contribution is 2.43. The van der Waals surface area contributed by atoms with Crippen molar-refractivity contribution in [3.8, 4) is 17.2 Å². The molecule has 7 heteroatoms. The van der Waals surface area contributed by atoms with Gasteiger partial charge in [-0.3, -0.25) is 4.79 Å². The Balaban J connectivity index is 2.42. The number of phenolic OH excluding ortho intramolecular Hbond substituents is 2. The van der Waals surface area contributed by atoms with Crippen molar-refractivity contribution in [2.24, 2.45) is 0 Å². The van der Waals surface area contributed by atoms with Gasteiger partial charge in [-0.2, -0.15) is 0 Å². The van der Waals surface area contributed by atoms with Gasteiger partial charge in [0.05, 0.1) is 7.11 Å². The summed E-state index contributed by atoms with van der Waals surface area (Å²) >= 11 is 0. The van der Waals surface area contributed by atoms with Crippen LogP contribution in [0.15, 0.2) is 44.8 Å². The van der Waals surface area contributed by atoms with Gasteiger partial charge in [-0.1, -0.05) is 29.4 Å². The van der Waals surface area contributed by atoms with Crippen LogP contribution in [0, 0.1) is 0 Å². The average molecular weight is 427 g/mol. The number of aromatic hydroxyl groups is 2. The fourth-order valence-electron chi connectivity index (χ4n) is 3.54. The van der Waals surface area contributed by atoms with Crippen molar-refractivity contribution in [1.82, 2.24) is 5.01 Å². The molecular weight excluding hydrogens is 396 g/mol. The number of fused-ring (bicyclic) bond motifs is 1. The number of anilines is 1. The third-order valence-corrected chi connectivity index (χ3v) is 5.25. The highest BCUT2D eigenvalue weighted by atomic mass is 16.5. The van der Waals surface area contributed by atoms with Crippen LogP contribution in [0.1, 0.15) is 38.8 Å². The lowest BCUT2D eigenvalue weighted by Crippen LogP contribution is -2.32. The monoisotopic (exact) mass is 426 g/mol. The van der Waals surface area contributed by atoms with Crippen LogP contribution in [0.25, 0.3) is 11.0 Å². The molecular formula is C24H30N2O5. The van der Waals surface area contributed by atoms with Crippen molar-refractivity contribution in [2.75, 3.05) is 25.7 Å². The molecule has 7 nitrogen and oxygen atoms in total. The topological polar surface area (TPSA) is 86.4 Å². The van der Waals surface area contributed by atoms with E-state index in [2.05, 4.69) is 0 Å². The summed E-state index contributed by atoms with van der Waals surface area (Å²) in [6.45, 7) is 8.43. The zero-order valence-corrected chi connectivity index (χ0v) is 18.9. The van der Waals surface area contributed by atoms with Crippen molar-refractivity contribution in [1.29, 1.82) is 0 Å². The molecule has 0 aliphatic carbocycles. The number of rotatable bonds is 6. The van der Waals surface area contributed by atoms with Gasteiger partial charge in [0, 0.05) is 30.9 Å². The van der Waals surface area contributed by atoms with Gasteiger partial charge in [0.1, 0.15) is 16.9 Å². The Morgan fingerprint density at radius 2 is 1.71 bits per heavy atom. The Labute approximate surface area is 182 Å². The predicted octanol–water partition coefficient (Wildman–Crippen LogP) is 4.41. The molecule has 0 radical (unpaired) electrons. The first-order chi connectivity index (χ1) is 14.7. The minimum absolute atomic E-state index is 0.00628. The molecule has 0 unspecified atom stereocenters. The number of allylic oxidation sites excluding steroid dienone is 4. The van der Waals surface area contributed by atoms with Crippen LogP contribution >= 0.6 is 0 Å². The predicted molar refractivity (Wildman–Crippen MR) is 123 cm³/mol. The first-order valence-electron chi connectivity index (χ1n) is 10.2. The summed E-state index contributed by atoms with van der Waals surface area (Å²) in [7, 11) is 3.25.